The van der Waals surface area contributed by atoms with Crippen LogP contribution in [-0.2, 0) is 11.2 Å². The number of nitrogens with zero attached hydrogens (tertiary/aromatic N) is 4. The van der Waals surface area contributed by atoms with Gasteiger partial charge in [0.1, 0.15) is 10.7 Å². The molecule has 0 radical (unpaired) electrons. The van der Waals surface area contributed by atoms with Crippen LogP contribution in [0.5, 0.6) is 0 Å². The van der Waals surface area contributed by atoms with E-state index in [-0.39, 0.29) is 4.91 Å². The van der Waals surface area contributed by atoms with Gasteiger partial charge in [-0.2, -0.15) is 0 Å². The third kappa shape index (κ3) is 4.76. The van der Waals surface area contributed by atoms with E-state index < -0.39 is 5.97 Å². The number of anilines is 1. The summed E-state index contributed by atoms with van der Waals surface area (Å²) in [5, 5.41) is 17.1. The van der Waals surface area contributed by atoms with Crippen LogP contribution in [0.2, 0.25) is 0 Å². The molecule has 158 valence electrons. The van der Waals surface area contributed by atoms with Gasteiger partial charge in [-0.1, -0.05) is 6.92 Å². The first kappa shape index (κ1) is 21.7. The van der Waals surface area contributed by atoms with Gasteiger partial charge in [0, 0.05) is 43.3 Å². The summed E-state index contributed by atoms with van der Waals surface area (Å²) in [7, 11) is 4.02. The third-order valence-corrected chi connectivity index (χ3v) is 5.67. The Morgan fingerprint density at radius 2 is 1.97 bits per heavy atom. The second-order valence-electron chi connectivity index (χ2n) is 7.30. The number of H-pyrrole nitrogens is 1. The number of benzene rings is 1. The predicted molar refractivity (Wildman–Crippen MR) is 121 cm³/mol. The first-order valence-electron chi connectivity index (χ1n) is 9.81. The molecule has 30 heavy (non-hydrogen) atoms. The molecule has 0 fully saturated rings. The fourth-order valence-electron chi connectivity index (χ4n) is 3.28. The number of hydrogen-bond donors (Lipinski definition) is 2. The van der Waals surface area contributed by atoms with Gasteiger partial charge in [0.05, 0.1) is 0 Å². The lowest BCUT2D eigenvalue weighted by Gasteiger charge is -2.15. The van der Waals surface area contributed by atoms with E-state index in [1.54, 1.807) is 6.08 Å². The van der Waals surface area contributed by atoms with Gasteiger partial charge >= 0.3 is 5.97 Å². The Hall–Kier alpha value is -3.00. The molecule has 0 saturated carbocycles. The fourth-order valence-corrected chi connectivity index (χ4v) is 3.99. The summed E-state index contributed by atoms with van der Waals surface area (Å²) in [6.07, 6.45) is 3.42. The molecule has 0 bridgehead atoms. The van der Waals surface area contributed by atoms with E-state index >= 15 is 0 Å². The van der Waals surface area contributed by atoms with E-state index in [2.05, 4.69) is 55.8 Å². The zero-order chi connectivity index (χ0) is 21.8. The molecule has 7 nitrogen and oxygen atoms in total. The van der Waals surface area contributed by atoms with Crippen molar-refractivity contribution in [1.29, 1.82) is 0 Å². The van der Waals surface area contributed by atoms with Crippen molar-refractivity contribution in [3.8, 4) is 5.69 Å². The largest absolute Gasteiger partial charge is 0.477 e. The van der Waals surface area contributed by atoms with Crippen molar-refractivity contribution in [2.45, 2.75) is 38.8 Å². The van der Waals surface area contributed by atoms with Crippen LogP contribution in [-0.4, -0.2) is 44.9 Å². The number of hydrogen-bond acceptors (Lipinski definition) is 5. The summed E-state index contributed by atoms with van der Waals surface area (Å²) in [6, 6.07) is 10.3. The first-order chi connectivity index (χ1) is 14.3. The number of carboxylic acids is 1. The number of rotatable bonds is 8. The molecule has 0 aliphatic rings. The summed E-state index contributed by atoms with van der Waals surface area (Å²) >= 11 is 1.06. The topological polar surface area (TPSA) is 87.0 Å². The number of aromatic nitrogens is 4. The predicted octanol–water partition coefficient (Wildman–Crippen LogP) is 4.45. The highest BCUT2D eigenvalue weighted by Gasteiger charge is 2.16. The monoisotopic (exact) mass is 425 g/mol. The van der Waals surface area contributed by atoms with Gasteiger partial charge in [-0.25, -0.2) is 9.78 Å². The van der Waals surface area contributed by atoms with E-state index in [1.165, 1.54) is 0 Å². The highest BCUT2D eigenvalue weighted by molar-refractivity contribution is 8.04. The number of carbonyl (C=O) groups is 1. The maximum Gasteiger partial charge on any atom is 0.342 e. The quantitative estimate of drug-likeness (QED) is 0.410. The molecule has 0 aliphatic heterocycles. The molecule has 1 aromatic carbocycles. The van der Waals surface area contributed by atoms with E-state index in [9.17, 15) is 9.90 Å². The number of carboxylic acid groups (broad SMARTS) is 1. The van der Waals surface area contributed by atoms with Crippen molar-refractivity contribution in [3.63, 3.8) is 0 Å². The molecular weight excluding hydrogens is 398 g/mol. The van der Waals surface area contributed by atoms with Crippen molar-refractivity contribution in [3.05, 3.63) is 58.0 Å². The first-order valence-corrected chi connectivity index (χ1v) is 10.6. The maximum atomic E-state index is 11.8. The van der Waals surface area contributed by atoms with Crippen molar-refractivity contribution >= 4 is 29.5 Å². The summed E-state index contributed by atoms with van der Waals surface area (Å²) in [5.41, 5.74) is 5.04. The standard InChI is InChI=1S/C22H27N5O2S/c1-6-7-20-23-22(25-24-20)30-19(21(28)29)13-16-12-14(2)27(15(16)3)18-10-8-17(9-11-18)26(4)5/h8-13H,6-7H2,1-5H3,(H,28,29)(H,23,24,25)/b19-13+. The highest BCUT2D eigenvalue weighted by atomic mass is 32.2. The maximum absolute atomic E-state index is 11.8. The van der Waals surface area contributed by atoms with Gasteiger partial charge in [0.2, 0.25) is 5.16 Å². The molecule has 3 aromatic rings. The minimum absolute atomic E-state index is 0.181. The van der Waals surface area contributed by atoms with Crippen LogP contribution in [0.4, 0.5) is 5.69 Å². The van der Waals surface area contributed by atoms with Crippen LogP contribution < -0.4 is 4.90 Å². The van der Waals surface area contributed by atoms with Crippen LogP contribution in [0.3, 0.4) is 0 Å². The number of nitrogens with one attached hydrogen (secondary N) is 1. The van der Waals surface area contributed by atoms with Gasteiger partial charge in [0.15, 0.2) is 0 Å². The Morgan fingerprint density at radius 3 is 2.57 bits per heavy atom. The van der Waals surface area contributed by atoms with E-state index in [1.807, 2.05) is 34.0 Å². The van der Waals surface area contributed by atoms with Crippen molar-refractivity contribution in [2.75, 3.05) is 19.0 Å². The number of aliphatic carboxylic acids is 1. The molecule has 2 heterocycles. The lowest BCUT2D eigenvalue weighted by atomic mass is 10.2. The highest BCUT2D eigenvalue weighted by Crippen LogP contribution is 2.29. The van der Waals surface area contributed by atoms with Crippen LogP contribution in [0.15, 0.2) is 40.4 Å². The molecule has 0 saturated heterocycles. The van der Waals surface area contributed by atoms with Crippen LogP contribution in [0.1, 0.15) is 36.1 Å². The Balaban J connectivity index is 1.92. The molecule has 0 amide bonds. The van der Waals surface area contributed by atoms with Crippen molar-refractivity contribution in [1.82, 2.24) is 19.7 Å². The molecule has 2 N–H and O–H groups in total. The number of aromatic amines is 1. The third-order valence-electron chi connectivity index (χ3n) is 4.79. The van der Waals surface area contributed by atoms with Crippen LogP contribution in [0, 0.1) is 13.8 Å². The zero-order valence-corrected chi connectivity index (χ0v) is 18.7. The van der Waals surface area contributed by atoms with Crippen LogP contribution in [0.25, 0.3) is 11.8 Å². The molecule has 0 atom stereocenters. The lowest BCUT2D eigenvalue weighted by molar-refractivity contribution is -0.131. The molecule has 0 aliphatic carbocycles. The SMILES string of the molecule is CCCc1nc(S/C(=C/c2cc(C)n(-c3ccc(N(C)C)cc3)c2C)C(=O)O)n[nH]1. The van der Waals surface area contributed by atoms with Gasteiger partial charge in [-0.05, 0) is 74.0 Å². The molecule has 0 spiro atoms. The van der Waals surface area contributed by atoms with E-state index in [0.29, 0.717) is 5.16 Å². The molecule has 0 unspecified atom stereocenters. The summed E-state index contributed by atoms with van der Waals surface area (Å²) < 4.78 is 2.13. The molecular formula is C22H27N5O2S. The van der Waals surface area contributed by atoms with Gasteiger partial charge < -0.3 is 14.6 Å². The van der Waals surface area contributed by atoms with Gasteiger partial charge in [-0.15, -0.1) is 5.10 Å². The molecule has 2 aromatic heterocycles. The Bertz CT molecular complexity index is 1060. The molecule has 3 rings (SSSR count). The van der Waals surface area contributed by atoms with Gasteiger partial charge in [-0.3, -0.25) is 5.10 Å². The number of aryl methyl sites for hydroxylation is 2. The summed E-state index contributed by atoms with van der Waals surface area (Å²) in [6.45, 7) is 6.07. The second kappa shape index (κ2) is 9.21. The fraction of sp³-hybridized carbons (Fsp3) is 0.318. The second-order valence-corrected chi connectivity index (χ2v) is 8.31. The van der Waals surface area contributed by atoms with Crippen LogP contribution >= 0.6 is 11.8 Å². The Kier molecular flexibility index (Phi) is 6.66. The summed E-state index contributed by atoms with van der Waals surface area (Å²) in [5.74, 6) is -0.230. The zero-order valence-electron chi connectivity index (χ0n) is 17.9. The minimum Gasteiger partial charge on any atom is -0.477 e. The summed E-state index contributed by atoms with van der Waals surface area (Å²) in [4.78, 5) is 18.4. The van der Waals surface area contributed by atoms with Crippen molar-refractivity contribution in [2.24, 2.45) is 0 Å². The average molecular weight is 426 g/mol. The lowest BCUT2D eigenvalue weighted by Crippen LogP contribution is -2.08. The smallest absolute Gasteiger partial charge is 0.342 e. The van der Waals surface area contributed by atoms with E-state index in [4.69, 9.17) is 0 Å². The average Bonchev–Trinajstić information content (AvgIpc) is 3.25. The Morgan fingerprint density at radius 1 is 1.27 bits per heavy atom. The van der Waals surface area contributed by atoms with E-state index in [0.717, 1.165) is 58.8 Å². The minimum atomic E-state index is -0.998. The van der Waals surface area contributed by atoms with Gasteiger partial charge in [0.25, 0.3) is 0 Å². The molecule has 8 heteroatoms. The number of thioether (sulfide) groups is 1. The Labute approximate surface area is 180 Å². The van der Waals surface area contributed by atoms with Crippen molar-refractivity contribution < 1.29 is 9.90 Å². The normalized spacial score (nSPS) is 11.7.